The van der Waals surface area contributed by atoms with Crippen LogP contribution in [0.3, 0.4) is 0 Å². The highest BCUT2D eigenvalue weighted by Crippen LogP contribution is 2.17. The predicted octanol–water partition coefficient (Wildman–Crippen LogP) is 2.01. The number of carbonyl (C=O) groups is 1. The summed E-state index contributed by atoms with van der Waals surface area (Å²) in [5.41, 5.74) is 6.83. The van der Waals surface area contributed by atoms with Crippen molar-refractivity contribution >= 4 is 5.91 Å². The second-order valence-electron chi connectivity index (χ2n) is 5.97. The van der Waals surface area contributed by atoms with Crippen LogP contribution in [0, 0.1) is 5.92 Å². The van der Waals surface area contributed by atoms with Crippen LogP contribution >= 0.6 is 0 Å². The van der Waals surface area contributed by atoms with E-state index in [1.165, 1.54) is 0 Å². The van der Waals surface area contributed by atoms with Crippen LogP contribution in [-0.4, -0.2) is 43.1 Å². The lowest BCUT2D eigenvalue weighted by molar-refractivity contribution is -0.123. The molecule has 1 aromatic carbocycles. The molecule has 0 aliphatic heterocycles. The SMILES string of the molecule is CCN(CC)CCOc1ccccc1CNC(=O)[C@@H](N)C(C)C. The fourth-order valence-electron chi connectivity index (χ4n) is 2.22. The van der Waals surface area contributed by atoms with Crippen molar-refractivity contribution in [3.05, 3.63) is 29.8 Å². The molecule has 3 N–H and O–H groups in total. The molecular weight excluding hydrogens is 290 g/mol. The molecule has 5 nitrogen and oxygen atoms in total. The summed E-state index contributed by atoms with van der Waals surface area (Å²) in [6.07, 6.45) is 0. The number of rotatable bonds is 10. The van der Waals surface area contributed by atoms with Gasteiger partial charge in [-0.1, -0.05) is 45.9 Å². The molecule has 0 bridgehead atoms. The maximum Gasteiger partial charge on any atom is 0.237 e. The Kier molecular flexibility index (Phi) is 8.66. The number of benzene rings is 1. The van der Waals surface area contributed by atoms with Crippen molar-refractivity contribution in [1.29, 1.82) is 0 Å². The molecule has 130 valence electrons. The molecule has 0 aliphatic carbocycles. The highest BCUT2D eigenvalue weighted by molar-refractivity contribution is 5.81. The summed E-state index contributed by atoms with van der Waals surface area (Å²) >= 11 is 0. The number of ether oxygens (including phenoxy) is 1. The lowest BCUT2D eigenvalue weighted by Crippen LogP contribution is -2.43. The Morgan fingerprint density at radius 3 is 2.52 bits per heavy atom. The van der Waals surface area contributed by atoms with Crippen LogP contribution in [0.15, 0.2) is 24.3 Å². The fraction of sp³-hybridized carbons (Fsp3) is 0.611. The second kappa shape index (κ2) is 10.2. The van der Waals surface area contributed by atoms with Crippen LogP contribution in [-0.2, 0) is 11.3 Å². The normalized spacial score (nSPS) is 12.5. The van der Waals surface area contributed by atoms with E-state index in [1.54, 1.807) is 0 Å². The first-order valence-electron chi connectivity index (χ1n) is 8.45. The monoisotopic (exact) mass is 321 g/mol. The molecule has 0 heterocycles. The molecule has 1 rings (SSSR count). The Morgan fingerprint density at radius 2 is 1.91 bits per heavy atom. The molecule has 0 saturated heterocycles. The van der Waals surface area contributed by atoms with Crippen molar-refractivity contribution in [2.24, 2.45) is 11.7 Å². The van der Waals surface area contributed by atoms with E-state index in [4.69, 9.17) is 10.5 Å². The van der Waals surface area contributed by atoms with Crippen molar-refractivity contribution in [3.8, 4) is 5.75 Å². The van der Waals surface area contributed by atoms with Crippen molar-refractivity contribution in [3.63, 3.8) is 0 Å². The minimum atomic E-state index is -0.481. The molecule has 0 unspecified atom stereocenters. The Bertz CT molecular complexity index is 473. The first-order valence-corrected chi connectivity index (χ1v) is 8.45. The van der Waals surface area contributed by atoms with Gasteiger partial charge >= 0.3 is 0 Å². The average molecular weight is 321 g/mol. The maximum absolute atomic E-state index is 12.0. The van der Waals surface area contributed by atoms with Gasteiger partial charge in [-0.05, 0) is 25.1 Å². The Balaban J connectivity index is 2.55. The van der Waals surface area contributed by atoms with Gasteiger partial charge < -0.3 is 20.7 Å². The molecule has 0 aliphatic rings. The van der Waals surface area contributed by atoms with Crippen LogP contribution < -0.4 is 15.8 Å². The lowest BCUT2D eigenvalue weighted by atomic mass is 10.0. The van der Waals surface area contributed by atoms with Crippen molar-refractivity contribution in [2.75, 3.05) is 26.2 Å². The van der Waals surface area contributed by atoms with Gasteiger partial charge in [0.15, 0.2) is 0 Å². The van der Waals surface area contributed by atoms with Gasteiger partial charge in [0.05, 0.1) is 6.04 Å². The number of nitrogens with zero attached hydrogens (tertiary/aromatic N) is 1. The van der Waals surface area contributed by atoms with Gasteiger partial charge in [-0.3, -0.25) is 4.79 Å². The molecular formula is C18H31N3O2. The zero-order valence-electron chi connectivity index (χ0n) is 14.8. The number of para-hydroxylation sites is 1. The van der Waals surface area contributed by atoms with Crippen molar-refractivity contribution in [2.45, 2.75) is 40.3 Å². The summed E-state index contributed by atoms with van der Waals surface area (Å²) < 4.78 is 5.89. The number of likely N-dealkylation sites (N-methyl/N-ethyl adjacent to an activating group) is 1. The van der Waals surface area contributed by atoms with Crippen molar-refractivity contribution in [1.82, 2.24) is 10.2 Å². The van der Waals surface area contributed by atoms with E-state index in [0.29, 0.717) is 13.2 Å². The summed E-state index contributed by atoms with van der Waals surface area (Å²) in [5.74, 6) is 0.812. The third-order valence-corrected chi connectivity index (χ3v) is 4.01. The Morgan fingerprint density at radius 1 is 1.26 bits per heavy atom. The van der Waals surface area contributed by atoms with E-state index in [0.717, 1.165) is 30.9 Å². The largest absolute Gasteiger partial charge is 0.492 e. The van der Waals surface area contributed by atoms with Crippen LogP contribution in [0.1, 0.15) is 33.3 Å². The molecule has 1 amide bonds. The maximum atomic E-state index is 12.0. The zero-order valence-corrected chi connectivity index (χ0v) is 14.8. The van der Waals surface area contributed by atoms with Gasteiger partial charge in [-0.15, -0.1) is 0 Å². The van der Waals surface area contributed by atoms with E-state index in [2.05, 4.69) is 24.1 Å². The lowest BCUT2D eigenvalue weighted by Gasteiger charge is -2.19. The summed E-state index contributed by atoms with van der Waals surface area (Å²) in [6, 6.07) is 7.31. The molecule has 0 radical (unpaired) electrons. The summed E-state index contributed by atoms with van der Waals surface area (Å²) in [5, 5.41) is 2.89. The van der Waals surface area contributed by atoms with Gasteiger partial charge in [0.2, 0.25) is 5.91 Å². The van der Waals surface area contributed by atoms with E-state index in [9.17, 15) is 4.79 Å². The number of nitrogens with one attached hydrogen (secondary N) is 1. The molecule has 0 saturated carbocycles. The number of hydrogen-bond acceptors (Lipinski definition) is 4. The minimum absolute atomic E-state index is 0.121. The van der Waals surface area contributed by atoms with Crippen LogP contribution in [0.2, 0.25) is 0 Å². The van der Waals surface area contributed by atoms with Crippen LogP contribution in [0.5, 0.6) is 5.75 Å². The first-order chi connectivity index (χ1) is 11.0. The van der Waals surface area contributed by atoms with Gasteiger partial charge in [-0.2, -0.15) is 0 Å². The van der Waals surface area contributed by atoms with Crippen molar-refractivity contribution < 1.29 is 9.53 Å². The molecule has 1 aromatic rings. The summed E-state index contributed by atoms with van der Waals surface area (Å²) in [4.78, 5) is 14.3. The van der Waals surface area contributed by atoms with E-state index < -0.39 is 6.04 Å². The minimum Gasteiger partial charge on any atom is -0.492 e. The molecule has 23 heavy (non-hydrogen) atoms. The second-order valence-corrected chi connectivity index (χ2v) is 5.97. The van der Waals surface area contributed by atoms with E-state index >= 15 is 0 Å². The third kappa shape index (κ3) is 6.59. The van der Waals surface area contributed by atoms with Crippen LogP contribution in [0.4, 0.5) is 0 Å². The predicted molar refractivity (Wildman–Crippen MR) is 94.4 cm³/mol. The first kappa shape index (κ1) is 19.5. The average Bonchev–Trinajstić information content (AvgIpc) is 2.56. The number of carbonyl (C=O) groups excluding carboxylic acids is 1. The highest BCUT2D eigenvalue weighted by Gasteiger charge is 2.17. The van der Waals surface area contributed by atoms with E-state index in [1.807, 2.05) is 38.1 Å². The highest BCUT2D eigenvalue weighted by atomic mass is 16.5. The molecule has 0 spiro atoms. The topological polar surface area (TPSA) is 67.6 Å². The van der Waals surface area contributed by atoms with E-state index in [-0.39, 0.29) is 11.8 Å². The van der Waals surface area contributed by atoms with Crippen LogP contribution in [0.25, 0.3) is 0 Å². The van der Waals surface area contributed by atoms with Gasteiger partial charge in [-0.25, -0.2) is 0 Å². The van der Waals surface area contributed by atoms with Gasteiger partial charge in [0.25, 0.3) is 0 Å². The van der Waals surface area contributed by atoms with Gasteiger partial charge in [0.1, 0.15) is 12.4 Å². The molecule has 1 atom stereocenters. The number of amides is 1. The smallest absolute Gasteiger partial charge is 0.237 e. The number of nitrogens with two attached hydrogens (primary N) is 1. The number of hydrogen-bond donors (Lipinski definition) is 2. The standard InChI is InChI=1S/C18H31N3O2/c1-5-21(6-2)11-12-23-16-10-8-7-9-15(16)13-20-18(22)17(19)14(3)4/h7-10,14,17H,5-6,11-13,19H2,1-4H3,(H,20,22)/t17-/m0/s1. The molecule has 0 aromatic heterocycles. The zero-order chi connectivity index (χ0) is 17.2. The Hall–Kier alpha value is -1.59. The molecule has 0 fully saturated rings. The fourth-order valence-corrected chi connectivity index (χ4v) is 2.22. The Labute approximate surface area is 140 Å². The summed E-state index contributed by atoms with van der Waals surface area (Å²) in [6.45, 7) is 12.2. The third-order valence-electron chi connectivity index (χ3n) is 4.01. The quantitative estimate of drug-likeness (QED) is 0.692. The van der Waals surface area contributed by atoms with Gasteiger partial charge in [0, 0.05) is 18.7 Å². The molecule has 5 heteroatoms. The summed E-state index contributed by atoms with van der Waals surface area (Å²) in [7, 11) is 0.